The molecule has 7 nitrogen and oxygen atoms in total. The fourth-order valence-corrected chi connectivity index (χ4v) is 4.46. The molecule has 3 rings (SSSR count). The maximum absolute atomic E-state index is 12.4. The number of aromatic nitrogens is 4. The van der Waals surface area contributed by atoms with Gasteiger partial charge in [0.1, 0.15) is 5.01 Å². The second kappa shape index (κ2) is 5.99. The van der Waals surface area contributed by atoms with Gasteiger partial charge in [0, 0.05) is 13.0 Å². The number of nitrogens with one attached hydrogen (secondary N) is 1. The zero-order valence-electron chi connectivity index (χ0n) is 13.1. The van der Waals surface area contributed by atoms with Crippen LogP contribution in [0.3, 0.4) is 0 Å². The molecule has 1 aromatic carbocycles. The molecule has 2 aromatic heterocycles. The van der Waals surface area contributed by atoms with Gasteiger partial charge in [0.05, 0.1) is 4.90 Å². The van der Waals surface area contributed by atoms with E-state index in [0.717, 1.165) is 26.9 Å². The van der Waals surface area contributed by atoms with Crippen LogP contribution in [0.25, 0.3) is 4.96 Å². The average molecular weight is 351 g/mol. The fourth-order valence-electron chi connectivity index (χ4n) is 2.22. The van der Waals surface area contributed by atoms with Crippen molar-refractivity contribution in [2.45, 2.75) is 32.1 Å². The first kappa shape index (κ1) is 16.0. The second-order valence-electron chi connectivity index (χ2n) is 5.35. The minimum Gasteiger partial charge on any atom is -0.211 e. The molecule has 9 heteroatoms. The molecule has 0 aliphatic rings. The van der Waals surface area contributed by atoms with Crippen molar-refractivity contribution >= 4 is 26.3 Å². The number of hydrogen-bond acceptors (Lipinski definition) is 6. The van der Waals surface area contributed by atoms with Gasteiger partial charge in [0.25, 0.3) is 0 Å². The van der Waals surface area contributed by atoms with Gasteiger partial charge in [0.2, 0.25) is 15.0 Å². The van der Waals surface area contributed by atoms with Crippen LogP contribution in [0.5, 0.6) is 0 Å². The predicted molar refractivity (Wildman–Crippen MR) is 88.2 cm³/mol. The lowest BCUT2D eigenvalue weighted by Gasteiger charge is -2.09. The Bertz CT molecular complexity index is 959. The molecule has 0 fully saturated rings. The molecule has 3 aromatic rings. The Morgan fingerprint density at radius 2 is 2.00 bits per heavy atom. The molecule has 122 valence electrons. The van der Waals surface area contributed by atoms with Crippen LogP contribution in [0.2, 0.25) is 0 Å². The summed E-state index contributed by atoms with van der Waals surface area (Å²) in [5, 5.41) is 13.1. The monoisotopic (exact) mass is 351 g/mol. The lowest BCUT2D eigenvalue weighted by atomic mass is 10.2. The molecule has 0 atom stereocenters. The van der Waals surface area contributed by atoms with E-state index in [2.05, 4.69) is 20.0 Å². The number of fused-ring (bicyclic) bond motifs is 1. The average Bonchev–Trinajstić information content (AvgIpc) is 3.03. The number of rotatable bonds is 5. The van der Waals surface area contributed by atoms with Crippen molar-refractivity contribution in [3.63, 3.8) is 0 Å². The minimum atomic E-state index is -3.52. The Morgan fingerprint density at radius 1 is 1.22 bits per heavy atom. The summed E-state index contributed by atoms with van der Waals surface area (Å²) in [6.45, 7) is 5.78. The van der Waals surface area contributed by atoms with Gasteiger partial charge in [-0.05, 0) is 38.0 Å². The Hall–Kier alpha value is -1.84. The van der Waals surface area contributed by atoms with Crippen molar-refractivity contribution in [1.82, 2.24) is 24.5 Å². The van der Waals surface area contributed by atoms with E-state index in [0.29, 0.717) is 17.9 Å². The highest BCUT2D eigenvalue weighted by Gasteiger charge is 2.17. The lowest BCUT2D eigenvalue weighted by molar-refractivity contribution is 0.580. The van der Waals surface area contributed by atoms with Crippen LogP contribution in [0.15, 0.2) is 23.1 Å². The first-order valence-electron chi connectivity index (χ1n) is 7.11. The quantitative estimate of drug-likeness (QED) is 0.755. The van der Waals surface area contributed by atoms with E-state index in [4.69, 9.17) is 0 Å². The Morgan fingerprint density at radius 3 is 2.74 bits per heavy atom. The number of aryl methyl sites for hydroxylation is 3. The molecule has 0 spiro atoms. The van der Waals surface area contributed by atoms with Crippen LogP contribution >= 0.6 is 11.3 Å². The van der Waals surface area contributed by atoms with E-state index in [1.165, 1.54) is 11.3 Å². The van der Waals surface area contributed by atoms with Gasteiger partial charge in [-0.25, -0.2) is 13.1 Å². The van der Waals surface area contributed by atoms with Crippen molar-refractivity contribution in [2.75, 3.05) is 6.54 Å². The summed E-state index contributed by atoms with van der Waals surface area (Å²) >= 11 is 1.41. The number of benzene rings is 1. The van der Waals surface area contributed by atoms with Crippen LogP contribution < -0.4 is 4.72 Å². The van der Waals surface area contributed by atoms with E-state index in [9.17, 15) is 8.42 Å². The topological polar surface area (TPSA) is 89.2 Å². The summed E-state index contributed by atoms with van der Waals surface area (Å²) in [5.41, 5.74) is 1.65. The first-order valence-corrected chi connectivity index (χ1v) is 9.41. The van der Waals surface area contributed by atoms with E-state index >= 15 is 0 Å². The molecule has 1 N–H and O–H groups in total. The van der Waals surface area contributed by atoms with Crippen LogP contribution in [-0.2, 0) is 16.4 Å². The molecule has 23 heavy (non-hydrogen) atoms. The summed E-state index contributed by atoms with van der Waals surface area (Å²) in [6, 6.07) is 5.40. The minimum absolute atomic E-state index is 0.291. The highest BCUT2D eigenvalue weighted by molar-refractivity contribution is 7.89. The molecule has 0 bridgehead atoms. The third-order valence-electron chi connectivity index (χ3n) is 3.45. The molecule has 0 aliphatic heterocycles. The van der Waals surface area contributed by atoms with E-state index in [1.54, 1.807) is 17.5 Å². The van der Waals surface area contributed by atoms with E-state index < -0.39 is 10.0 Å². The summed E-state index contributed by atoms with van der Waals surface area (Å²) in [6.07, 6.45) is 0.511. The molecule has 0 amide bonds. The van der Waals surface area contributed by atoms with Crippen molar-refractivity contribution in [1.29, 1.82) is 0 Å². The maximum atomic E-state index is 12.4. The van der Waals surface area contributed by atoms with Gasteiger partial charge in [-0.15, -0.1) is 10.2 Å². The van der Waals surface area contributed by atoms with E-state index in [-0.39, 0.29) is 0 Å². The van der Waals surface area contributed by atoms with E-state index in [1.807, 2.05) is 26.0 Å². The fraction of sp³-hybridized carbons (Fsp3) is 0.357. The third kappa shape index (κ3) is 3.26. The van der Waals surface area contributed by atoms with Crippen LogP contribution in [-0.4, -0.2) is 34.8 Å². The molecular weight excluding hydrogens is 334 g/mol. The Kier molecular flexibility index (Phi) is 4.17. The summed E-state index contributed by atoms with van der Waals surface area (Å²) < 4.78 is 29.1. The van der Waals surface area contributed by atoms with Gasteiger partial charge in [-0.2, -0.15) is 9.61 Å². The normalized spacial score (nSPS) is 12.1. The van der Waals surface area contributed by atoms with Crippen LogP contribution in [0.4, 0.5) is 0 Å². The molecule has 0 unspecified atom stereocenters. The SMILES string of the molecule is Cc1ccc(C)c(S(=O)(=O)NCCc2nn3c(C)nnc3s2)c1. The smallest absolute Gasteiger partial charge is 0.211 e. The van der Waals surface area contributed by atoms with Gasteiger partial charge < -0.3 is 0 Å². The largest absolute Gasteiger partial charge is 0.240 e. The van der Waals surface area contributed by atoms with Crippen molar-refractivity contribution in [3.8, 4) is 0 Å². The summed E-state index contributed by atoms with van der Waals surface area (Å²) in [7, 11) is -3.52. The number of hydrogen-bond donors (Lipinski definition) is 1. The van der Waals surface area contributed by atoms with Gasteiger partial charge in [-0.1, -0.05) is 23.5 Å². The molecule has 2 heterocycles. The zero-order chi connectivity index (χ0) is 16.6. The number of nitrogens with zero attached hydrogens (tertiary/aromatic N) is 4. The molecule has 0 radical (unpaired) electrons. The maximum Gasteiger partial charge on any atom is 0.240 e. The second-order valence-corrected chi connectivity index (χ2v) is 8.13. The molecule has 0 aliphatic carbocycles. The standard InChI is InChI=1S/C14H17N5O2S2/c1-9-4-5-10(2)12(8-9)23(20,21)15-7-6-13-18-19-11(3)16-17-14(19)22-13/h4-5,8,15H,6-7H2,1-3H3. The Labute approximate surface area is 138 Å². The summed E-state index contributed by atoms with van der Waals surface area (Å²) in [5.74, 6) is 0.721. The van der Waals surface area contributed by atoms with Crippen molar-refractivity contribution < 1.29 is 8.42 Å². The predicted octanol–water partition coefficient (Wildman–Crippen LogP) is 1.63. The molecule has 0 saturated carbocycles. The van der Waals surface area contributed by atoms with Gasteiger partial charge >= 0.3 is 0 Å². The lowest BCUT2D eigenvalue weighted by Crippen LogP contribution is -2.26. The first-order chi connectivity index (χ1) is 10.9. The van der Waals surface area contributed by atoms with Crippen LogP contribution in [0.1, 0.15) is 22.0 Å². The highest BCUT2D eigenvalue weighted by atomic mass is 32.2. The van der Waals surface area contributed by atoms with Crippen molar-refractivity contribution in [2.24, 2.45) is 0 Å². The van der Waals surface area contributed by atoms with Gasteiger partial charge in [-0.3, -0.25) is 0 Å². The molecule has 0 saturated heterocycles. The highest BCUT2D eigenvalue weighted by Crippen LogP contribution is 2.17. The molecular formula is C14H17N5O2S2. The van der Waals surface area contributed by atoms with Crippen LogP contribution in [0, 0.1) is 20.8 Å². The zero-order valence-corrected chi connectivity index (χ0v) is 14.7. The number of sulfonamides is 1. The third-order valence-corrected chi connectivity index (χ3v) is 6.01. The van der Waals surface area contributed by atoms with Crippen molar-refractivity contribution in [3.05, 3.63) is 40.2 Å². The Balaban J connectivity index is 1.70. The summed E-state index contributed by atoms with van der Waals surface area (Å²) in [4.78, 5) is 1.04. The van der Waals surface area contributed by atoms with Gasteiger partial charge in [0.15, 0.2) is 5.82 Å².